The molecular formula is C11H19N3O4. The molecule has 0 atom stereocenters. The number of primary amides is 1. The first-order chi connectivity index (χ1) is 8.38. The fourth-order valence-electron chi connectivity index (χ4n) is 0.897. The largest absolute Gasteiger partial charge is 0.462 e. The van der Waals surface area contributed by atoms with E-state index in [4.69, 9.17) is 15.3 Å². The van der Waals surface area contributed by atoms with Gasteiger partial charge >= 0.3 is 12.0 Å². The maximum atomic E-state index is 11.6. The number of carbonyl (C=O) groups is 2. The van der Waals surface area contributed by atoms with Crippen LogP contribution in [0, 0.1) is 0 Å². The van der Waals surface area contributed by atoms with Gasteiger partial charge in [0.05, 0.1) is 12.3 Å². The van der Waals surface area contributed by atoms with E-state index in [1.807, 2.05) is 0 Å². The van der Waals surface area contributed by atoms with Crippen molar-refractivity contribution in [1.82, 2.24) is 5.32 Å². The van der Waals surface area contributed by atoms with E-state index < -0.39 is 12.0 Å². The van der Waals surface area contributed by atoms with Crippen LogP contribution in [0.3, 0.4) is 0 Å². The van der Waals surface area contributed by atoms with Gasteiger partial charge in [-0.15, -0.1) is 0 Å². The Bertz CT molecular complexity index is 361. The lowest BCUT2D eigenvalue weighted by Crippen LogP contribution is -2.27. The van der Waals surface area contributed by atoms with Gasteiger partial charge in [0, 0.05) is 6.20 Å². The number of nitrogens with two attached hydrogens (primary N) is 1. The third-order valence-corrected chi connectivity index (χ3v) is 1.64. The number of nitrogens with zero attached hydrogens (tertiary/aromatic N) is 1. The predicted molar refractivity (Wildman–Crippen MR) is 66.8 cm³/mol. The Hall–Kier alpha value is -2.05. The van der Waals surface area contributed by atoms with E-state index in [9.17, 15) is 9.59 Å². The monoisotopic (exact) mass is 257 g/mol. The first-order valence-electron chi connectivity index (χ1n) is 5.52. The molecular weight excluding hydrogens is 238 g/mol. The maximum absolute atomic E-state index is 11.6. The minimum absolute atomic E-state index is 0.0799. The van der Waals surface area contributed by atoms with Gasteiger partial charge in [-0.25, -0.2) is 9.59 Å². The standard InChI is InChI=1S/C11H19N3O4/c1-5-17-10(15)9(6-13-11(12)16)8(4)14-18-7(2)3/h6-7H,5H2,1-4H3,(H3,12,13,16). The van der Waals surface area contributed by atoms with Crippen LogP contribution < -0.4 is 11.1 Å². The summed E-state index contributed by atoms with van der Waals surface area (Å²) in [6, 6.07) is -0.783. The molecule has 0 spiro atoms. The van der Waals surface area contributed by atoms with Crippen molar-refractivity contribution in [2.75, 3.05) is 6.61 Å². The summed E-state index contributed by atoms with van der Waals surface area (Å²) in [4.78, 5) is 27.3. The number of amides is 2. The molecule has 102 valence electrons. The molecule has 0 unspecified atom stereocenters. The highest BCUT2D eigenvalue weighted by molar-refractivity contribution is 6.18. The van der Waals surface area contributed by atoms with Crippen LogP contribution in [0.5, 0.6) is 0 Å². The molecule has 0 aromatic carbocycles. The molecule has 18 heavy (non-hydrogen) atoms. The first kappa shape index (κ1) is 16.0. The van der Waals surface area contributed by atoms with Gasteiger partial charge in [0.25, 0.3) is 0 Å². The van der Waals surface area contributed by atoms with E-state index in [0.717, 1.165) is 6.20 Å². The summed E-state index contributed by atoms with van der Waals surface area (Å²) in [5, 5.41) is 5.95. The highest BCUT2D eigenvalue weighted by Gasteiger charge is 2.15. The zero-order chi connectivity index (χ0) is 14.1. The number of hydrogen-bond donors (Lipinski definition) is 2. The topological polar surface area (TPSA) is 103 Å². The second-order valence-electron chi connectivity index (χ2n) is 3.62. The van der Waals surface area contributed by atoms with Crippen molar-refractivity contribution in [2.24, 2.45) is 10.9 Å². The normalized spacial score (nSPS) is 12.3. The molecule has 0 radical (unpaired) electrons. The van der Waals surface area contributed by atoms with Gasteiger partial charge in [0.15, 0.2) is 0 Å². The highest BCUT2D eigenvalue weighted by Crippen LogP contribution is 2.03. The van der Waals surface area contributed by atoms with Crippen LogP contribution in [-0.2, 0) is 14.4 Å². The van der Waals surface area contributed by atoms with E-state index in [0.29, 0.717) is 0 Å². The Morgan fingerprint density at radius 2 is 2.06 bits per heavy atom. The van der Waals surface area contributed by atoms with E-state index in [-0.39, 0.29) is 24.0 Å². The molecule has 0 saturated carbocycles. The number of carbonyl (C=O) groups excluding carboxylic acids is 2. The smallest absolute Gasteiger partial charge is 0.341 e. The summed E-state index contributed by atoms with van der Waals surface area (Å²) in [6.07, 6.45) is 1.02. The fraction of sp³-hybridized carbons (Fsp3) is 0.545. The summed E-state index contributed by atoms with van der Waals surface area (Å²) in [6.45, 7) is 7.05. The number of ether oxygens (including phenoxy) is 1. The molecule has 7 nitrogen and oxygen atoms in total. The lowest BCUT2D eigenvalue weighted by molar-refractivity contribution is -0.137. The van der Waals surface area contributed by atoms with Crippen molar-refractivity contribution in [3.8, 4) is 0 Å². The van der Waals surface area contributed by atoms with E-state index >= 15 is 0 Å². The molecule has 0 rings (SSSR count). The predicted octanol–water partition coefficient (Wildman–Crippen LogP) is 0.903. The van der Waals surface area contributed by atoms with Gasteiger partial charge in [-0.1, -0.05) is 5.16 Å². The first-order valence-corrected chi connectivity index (χ1v) is 5.52. The summed E-state index contributed by atoms with van der Waals surface area (Å²) in [5.74, 6) is -0.611. The summed E-state index contributed by atoms with van der Waals surface area (Å²) in [7, 11) is 0. The van der Waals surface area contributed by atoms with Crippen LogP contribution in [0.4, 0.5) is 4.79 Å². The molecule has 0 heterocycles. The van der Waals surface area contributed by atoms with Crippen LogP contribution in [-0.4, -0.2) is 30.4 Å². The second-order valence-corrected chi connectivity index (χ2v) is 3.62. The zero-order valence-corrected chi connectivity index (χ0v) is 11.0. The van der Waals surface area contributed by atoms with Gasteiger partial charge in [-0.05, 0) is 27.7 Å². The Morgan fingerprint density at radius 1 is 1.44 bits per heavy atom. The SMILES string of the molecule is CCOC(=O)C(=CNC(N)=O)C(C)=NOC(C)C. The molecule has 3 N–H and O–H groups in total. The van der Waals surface area contributed by atoms with Crippen LogP contribution in [0.25, 0.3) is 0 Å². The van der Waals surface area contributed by atoms with Crippen LogP contribution >= 0.6 is 0 Å². The van der Waals surface area contributed by atoms with Crippen molar-refractivity contribution in [1.29, 1.82) is 0 Å². The minimum atomic E-state index is -0.783. The lowest BCUT2D eigenvalue weighted by Gasteiger charge is -2.08. The van der Waals surface area contributed by atoms with Crippen LogP contribution in [0.15, 0.2) is 16.9 Å². The highest BCUT2D eigenvalue weighted by atomic mass is 16.6. The number of esters is 1. The molecule has 0 aromatic heterocycles. The molecule has 2 amide bonds. The molecule has 0 saturated heterocycles. The third-order valence-electron chi connectivity index (χ3n) is 1.64. The molecule has 0 aromatic rings. The second kappa shape index (κ2) is 8.10. The number of rotatable bonds is 6. The molecule has 0 aliphatic carbocycles. The van der Waals surface area contributed by atoms with Crippen LogP contribution in [0.2, 0.25) is 0 Å². The number of urea groups is 1. The van der Waals surface area contributed by atoms with Crippen molar-refractivity contribution in [2.45, 2.75) is 33.8 Å². The van der Waals surface area contributed by atoms with Gasteiger partial charge in [0.1, 0.15) is 11.7 Å². The Labute approximate surface area is 106 Å². The average molecular weight is 257 g/mol. The Balaban J connectivity index is 4.96. The number of oxime groups is 1. The Kier molecular flexibility index (Phi) is 7.18. The summed E-state index contributed by atoms with van der Waals surface area (Å²) < 4.78 is 4.83. The van der Waals surface area contributed by atoms with E-state index in [2.05, 4.69) is 10.5 Å². The average Bonchev–Trinajstić information content (AvgIpc) is 2.26. The van der Waals surface area contributed by atoms with Crippen molar-refractivity contribution >= 4 is 17.7 Å². The lowest BCUT2D eigenvalue weighted by atomic mass is 10.2. The van der Waals surface area contributed by atoms with Gasteiger partial charge in [-0.3, -0.25) is 0 Å². The molecule has 0 fully saturated rings. The Morgan fingerprint density at radius 3 is 2.50 bits per heavy atom. The van der Waals surface area contributed by atoms with Crippen molar-refractivity contribution in [3.63, 3.8) is 0 Å². The van der Waals surface area contributed by atoms with E-state index in [1.54, 1.807) is 27.7 Å². The fourth-order valence-corrected chi connectivity index (χ4v) is 0.897. The molecule has 0 aliphatic rings. The minimum Gasteiger partial charge on any atom is -0.462 e. The summed E-state index contributed by atoms with van der Waals surface area (Å²) in [5.41, 5.74) is 5.29. The molecule has 0 bridgehead atoms. The van der Waals surface area contributed by atoms with E-state index in [1.165, 1.54) is 0 Å². The van der Waals surface area contributed by atoms with Gasteiger partial charge < -0.3 is 20.6 Å². The van der Waals surface area contributed by atoms with Gasteiger partial charge in [-0.2, -0.15) is 0 Å². The number of hydrogen-bond acceptors (Lipinski definition) is 5. The zero-order valence-electron chi connectivity index (χ0n) is 11.0. The van der Waals surface area contributed by atoms with Gasteiger partial charge in [0.2, 0.25) is 0 Å². The number of nitrogens with one attached hydrogen (secondary N) is 1. The van der Waals surface area contributed by atoms with Crippen molar-refractivity contribution < 1.29 is 19.2 Å². The summed E-state index contributed by atoms with van der Waals surface area (Å²) >= 11 is 0. The molecule has 0 aliphatic heterocycles. The third kappa shape index (κ3) is 6.51. The maximum Gasteiger partial charge on any atom is 0.341 e. The quantitative estimate of drug-likeness (QED) is 0.319. The molecule has 7 heteroatoms. The van der Waals surface area contributed by atoms with Crippen LogP contribution in [0.1, 0.15) is 27.7 Å². The van der Waals surface area contributed by atoms with Crippen molar-refractivity contribution in [3.05, 3.63) is 11.8 Å².